The van der Waals surface area contributed by atoms with Crippen molar-refractivity contribution < 1.29 is 14.3 Å². The topological polar surface area (TPSA) is 90.3 Å². The molecule has 1 heterocycles. The number of hydrogen-bond donors (Lipinski definition) is 1. The van der Waals surface area contributed by atoms with Gasteiger partial charge in [-0.25, -0.2) is 9.48 Å². The quantitative estimate of drug-likeness (QED) is 0.420. The predicted octanol–water partition coefficient (Wildman–Crippen LogP) is 3.69. The molecule has 0 fully saturated rings. The molecule has 162 valence electrons. The lowest BCUT2D eigenvalue weighted by molar-refractivity contribution is 0.0600. The number of unbranched alkanes of at least 4 members (excludes halogenated alkanes) is 3. The number of esters is 1. The third kappa shape index (κ3) is 5.36. The lowest BCUT2D eigenvalue weighted by Gasteiger charge is -2.11. The summed E-state index contributed by atoms with van der Waals surface area (Å²) < 4.78 is 6.09. The molecule has 3 rings (SSSR count). The van der Waals surface area contributed by atoms with Crippen molar-refractivity contribution in [2.24, 2.45) is 0 Å². The number of hydrogen-bond acceptors (Lipinski definition) is 5. The number of carbonyl (C=O) groups is 2. The first-order chi connectivity index (χ1) is 15.0. The van der Waals surface area contributed by atoms with Gasteiger partial charge in [0.05, 0.1) is 18.1 Å². The molecule has 0 aliphatic rings. The van der Waals surface area contributed by atoms with Gasteiger partial charge in [0.15, 0.2) is 5.69 Å². The first kappa shape index (κ1) is 22.2. The van der Waals surface area contributed by atoms with Gasteiger partial charge < -0.3 is 10.1 Å². The van der Waals surface area contributed by atoms with Crippen LogP contribution in [0.2, 0.25) is 0 Å². The van der Waals surface area contributed by atoms with Gasteiger partial charge in [-0.05, 0) is 30.2 Å². The fraction of sp³-hybridized carbons (Fsp3) is 0.333. The number of fused-ring (bicyclic) bond motifs is 1. The Morgan fingerprint density at radius 2 is 1.71 bits per heavy atom. The summed E-state index contributed by atoms with van der Waals surface area (Å²) in [6.07, 6.45) is 4.06. The van der Waals surface area contributed by atoms with E-state index >= 15 is 0 Å². The number of rotatable bonds is 9. The van der Waals surface area contributed by atoms with Crippen LogP contribution in [-0.4, -0.2) is 28.8 Å². The fourth-order valence-electron chi connectivity index (χ4n) is 3.39. The molecule has 0 aliphatic carbocycles. The molecular weight excluding hydrogens is 394 g/mol. The molecule has 7 heteroatoms. The Kier molecular flexibility index (Phi) is 7.54. The minimum Gasteiger partial charge on any atom is -0.465 e. The minimum atomic E-state index is -0.410. The zero-order valence-corrected chi connectivity index (χ0v) is 17.9. The van der Waals surface area contributed by atoms with Crippen LogP contribution in [-0.2, 0) is 17.8 Å². The monoisotopic (exact) mass is 421 g/mol. The molecule has 0 saturated heterocycles. The van der Waals surface area contributed by atoms with Crippen molar-refractivity contribution in [2.75, 3.05) is 7.11 Å². The van der Waals surface area contributed by atoms with Crippen LogP contribution < -0.4 is 10.9 Å². The highest BCUT2D eigenvalue weighted by Crippen LogP contribution is 2.14. The zero-order chi connectivity index (χ0) is 22.2. The second kappa shape index (κ2) is 10.5. The molecule has 3 aromatic rings. The van der Waals surface area contributed by atoms with Crippen LogP contribution in [0.4, 0.5) is 0 Å². The van der Waals surface area contributed by atoms with E-state index in [1.807, 2.05) is 0 Å². The van der Waals surface area contributed by atoms with Crippen molar-refractivity contribution in [1.82, 2.24) is 15.1 Å². The van der Waals surface area contributed by atoms with Gasteiger partial charge in [-0.2, -0.15) is 5.10 Å². The molecule has 0 aliphatic heterocycles. The van der Waals surface area contributed by atoms with Crippen LogP contribution in [0.5, 0.6) is 0 Å². The van der Waals surface area contributed by atoms with E-state index in [0.717, 1.165) is 31.2 Å². The van der Waals surface area contributed by atoms with E-state index in [4.69, 9.17) is 4.74 Å². The van der Waals surface area contributed by atoms with Crippen molar-refractivity contribution in [3.63, 3.8) is 0 Å². The SMILES string of the molecule is CCCCCCn1nc(C(=O)NCc2ccc(C(=O)OC)cc2)c2ccccc2c1=O. The Morgan fingerprint density at radius 3 is 2.39 bits per heavy atom. The summed E-state index contributed by atoms with van der Waals surface area (Å²) in [4.78, 5) is 37.3. The molecule has 1 aromatic heterocycles. The summed E-state index contributed by atoms with van der Waals surface area (Å²) >= 11 is 0. The molecule has 0 radical (unpaired) electrons. The van der Waals surface area contributed by atoms with E-state index in [1.54, 1.807) is 48.5 Å². The Morgan fingerprint density at radius 1 is 1.00 bits per heavy atom. The van der Waals surface area contributed by atoms with Crippen molar-refractivity contribution in [1.29, 1.82) is 0 Å². The van der Waals surface area contributed by atoms with E-state index in [-0.39, 0.29) is 23.7 Å². The number of carbonyl (C=O) groups excluding carboxylic acids is 2. The van der Waals surface area contributed by atoms with Crippen molar-refractivity contribution in [3.8, 4) is 0 Å². The summed E-state index contributed by atoms with van der Waals surface area (Å²) in [6, 6.07) is 13.9. The maximum atomic E-state index is 12.9. The second-order valence-corrected chi connectivity index (χ2v) is 7.35. The number of nitrogens with zero attached hydrogens (tertiary/aromatic N) is 2. The zero-order valence-electron chi connectivity index (χ0n) is 17.9. The molecule has 1 amide bonds. The van der Waals surface area contributed by atoms with Gasteiger partial charge in [-0.15, -0.1) is 0 Å². The molecule has 31 heavy (non-hydrogen) atoms. The van der Waals surface area contributed by atoms with E-state index < -0.39 is 5.97 Å². The van der Waals surface area contributed by atoms with Gasteiger partial charge in [0.1, 0.15) is 0 Å². The lowest BCUT2D eigenvalue weighted by Crippen LogP contribution is -2.30. The summed E-state index contributed by atoms with van der Waals surface area (Å²) in [5.74, 6) is -0.761. The Hall–Kier alpha value is -3.48. The van der Waals surface area contributed by atoms with Gasteiger partial charge in [-0.1, -0.05) is 56.5 Å². The van der Waals surface area contributed by atoms with Crippen LogP contribution in [0.3, 0.4) is 0 Å². The van der Waals surface area contributed by atoms with E-state index in [9.17, 15) is 14.4 Å². The number of ether oxygens (including phenoxy) is 1. The van der Waals surface area contributed by atoms with Crippen molar-refractivity contribution in [3.05, 3.63) is 75.7 Å². The Balaban J connectivity index is 1.80. The third-order valence-electron chi connectivity index (χ3n) is 5.13. The second-order valence-electron chi connectivity index (χ2n) is 7.35. The number of nitrogens with one attached hydrogen (secondary N) is 1. The van der Waals surface area contributed by atoms with Crippen molar-refractivity contribution >= 4 is 22.6 Å². The Labute approximate surface area is 181 Å². The molecule has 0 bridgehead atoms. The maximum absolute atomic E-state index is 12.9. The number of aromatic nitrogens is 2. The van der Waals surface area contributed by atoms with Crippen LogP contribution >= 0.6 is 0 Å². The molecule has 0 saturated carbocycles. The van der Waals surface area contributed by atoms with Crippen LogP contribution in [0.1, 0.15) is 59.0 Å². The highest BCUT2D eigenvalue weighted by molar-refractivity contribution is 6.04. The van der Waals surface area contributed by atoms with Crippen LogP contribution in [0, 0.1) is 0 Å². The normalized spacial score (nSPS) is 10.8. The standard InChI is InChI=1S/C24H27N3O4/c1-3-4-5-8-15-27-23(29)20-10-7-6-9-19(20)21(26-27)22(28)25-16-17-11-13-18(14-12-17)24(30)31-2/h6-7,9-14H,3-5,8,15-16H2,1-2H3,(H,25,28). The van der Waals surface area contributed by atoms with Gasteiger partial charge in [0.25, 0.3) is 11.5 Å². The summed E-state index contributed by atoms with van der Waals surface area (Å²) in [5, 5.41) is 8.27. The van der Waals surface area contributed by atoms with Gasteiger partial charge in [0, 0.05) is 18.5 Å². The molecule has 0 spiro atoms. The van der Waals surface area contributed by atoms with Gasteiger partial charge in [-0.3, -0.25) is 9.59 Å². The maximum Gasteiger partial charge on any atom is 0.337 e. The third-order valence-corrected chi connectivity index (χ3v) is 5.13. The number of amides is 1. The molecule has 0 atom stereocenters. The number of aryl methyl sites for hydroxylation is 1. The molecule has 2 aromatic carbocycles. The summed E-state index contributed by atoms with van der Waals surface area (Å²) in [7, 11) is 1.33. The number of benzene rings is 2. The van der Waals surface area contributed by atoms with Gasteiger partial charge >= 0.3 is 5.97 Å². The first-order valence-corrected chi connectivity index (χ1v) is 10.5. The van der Waals surface area contributed by atoms with E-state index in [2.05, 4.69) is 17.3 Å². The lowest BCUT2D eigenvalue weighted by atomic mass is 10.1. The first-order valence-electron chi connectivity index (χ1n) is 10.5. The van der Waals surface area contributed by atoms with Gasteiger partial charge in [0.2, 0.25) is 0 Å². The smallest absolute Gasteiger partial charge is 0.337 e. The van der Waals surface area contributed by atoms with E-state index in [0.29, 0.717) is 22.9 Å². The molecule has 0 unspecified atom stereocenters. The van der Waals surface area contributed by atoms with E-state index in [1.165, 1.54) is 11.8 Å². The van der Waals surface area contributed by atoms with Crippen molar-refractivity contribution in [2.45, 2.75) is 45.7 Å². The average Bonchev–Trinajstić information content (AvgIpc) is 2.81. The molecule has 1 N–H and O–H groups in total. The summed E-state index contributed by atoms with van der Waals surface area (Å²) in [5.41, 5.74) is 1.33. The van der Waals surface area contributed by atoms with Crippen LogP contribution in [0.15, 0.2) is 53.3 Å². The fourth-order valence-corrected chi connectivity index (χ4v) is 3.39. The highest BCUT2D eigenvalue weighted by Gasteiger charge is 2.16. The van der Waals surface area contributed by atoms with Crippen LogP contribution in [0.25, 0.3) is 10.8 Å². The largest absolute Gasteiger partial charge is 0.465 e. The average molecular weight is 421 g/mol. The predicted molar refractivity (Wildman–Crippen MR) is 119 cm³/mol. The summed E-state index contributed by atoms with van der Waals surface area (Å²) in [6.45, 7) is 2.89. The highest BCUT2D eigenvalue weighted by atomic mass is 16.5. The molecule has 7 nitrogen and oxygen atoms in total. The molecular formula is C24H27N3O4. The Bertz CT molecular complexity index is 1120. The minimum absolute atomic E-state index is 0.179. The number of methoxy groups -OCH3 is 1.